The Labute approximate surface area is 55.2 Å². The predicted molar refractivity (Wildman–Crippen MR) is 36.0 cm³/mol. The average Bonchev–Trinajstić information content (AvgIpc) is 1.83. The third-order valence-electron chi connectivity index (χ3n) is 0.980. The van der Waals surface area contributed by atoms with Crippen LogP contribution < -0.4 is 0 Å². The molecule has 0 aliphatic rings. The first-order chi connectivity index (χ1) is 4.16. The Balaban J connectivity index is 3.37. The summed E-state index contributed by atoms with van der Waals surface area (Å²) in [5, 5.41) is 8.24. The lowest BCUT2D eigenvalue weighted by Gasteiger charge is -1.98. The summed E-state index contributed by atoms with van der Waals surface area (Å²) in [6.45, 7) is 3.44. The third kappa shape index (κ3) is 5.50. The summed E-state index contributed by atoms with van der Waals surface area (Å²) in [6, 6.07) is 0. The van der Waals surface area contributed by atoms with E-state index in [4.69, 9.17) is 5.11 Å². The standard InChI is InChI=1S/C7H13FO/c1-6(2)3-4-7(8)5-9/h3,7,9H,4-5H2,1-2H3. The summed E-state index contributed by atoms with van der Waals surface area (Å²) < 4.78 is 12.2. The predicted octanol–water partition coefficient (Wildman–Crippen LogP) is 1.67. The molecule has 0 radical (unpaired) electrons. The minimum atomic E-state index is -1.08. The highest BCUT2D eigenvalue weighted by Gasteiger charge is 1.99. The van der Waals surface area contributed by atoms with E-state index in [0.717, 1.165) is 5.57 Å². The van der Waals surface area contributed by atoms with Crippen LogP contribution in [0.4, 0.5) is 4.39 Å². The van der Waals surface area contributed by atoms with Gasteiger partial charge in [-0.2, -0.15) is 0 Å². The summed E-state index contributed by atoms with van der Waals surface area (Å²) in [5.41, 5.74) is 1.09. The van der Waals surface area contributed by atoms with Gasteiger partial charge in [0.2, 0.25) is 0 Å². The molecule has 0 aliphatic carbocycles. The molecule has 0 rings (SSSR count). The molecule has 54 valence electrons. The number of rotatable bonds is 3. The van der Waals surface area contributed by atoms with E-state index >= 15 is 0 Å². The van der Waals surface area contributed by atoms with Crippen molar-refractivity contribution in [3.63, 3.8) is 0 Å². The van der Waals surface area contributed by atoms with Crippen LogP contribution in [0, 0.1) is 0 Å². The summed E-state index contributed by atoms with van der Waals surface area (Å²) in [7, 11) is 0. The zero-order valence-electron chi connectivity index (χ0n) is 5.89. The van der Waals surface area contributed by atoms with Gasteiger partial charge in [-0.25, -0.2) is 4.39 Å². The maximum Gasteiger partial charge on any atom is 0.126 e. The monoisotopic (exact) mass is 132 g/mol. The lowest BCUT2D eigenvalue weighted by atomic mass is 10.2. The van der Waals surface area contributed by atoms with Crippen molar-refractivity contribution in [2.24, 2.45) is 0 Å². The Bertz CT molecular complexity index is 95.1. The third-order valence-corrected chi connectivity index (χ3v) is 0.980. The first kappa shape index (κ1) is 8.63. The molecule has 0 saturated heterocycles. The molecule has 1 unspecified atom stereocenters. The highest BCUT2D eigenvalue weighted by Crippen LogP contribution is 2.00. The fourth-order valence-corrected chi connectivity index (χ4v) is 0.438. The van der Waals surface area contributed by atoms with Gasteiger partial charge < -0.3 is 5.11 Å². The summed E-state index contributed by atoms with van der Waals surface area (Å²) in [5.74, 6) is 0. The van der Waals surface area contributed by atoms with Crippen molar-refractivity contribution in [1.29, 1.82) is 0 Å². The van der Waals surface area contributed by atoms with Gasteiger partial charge in [-0.05, 0) is 20.3 Å². The van der Waals surface area contributed by atoms with Gasteiger partial charge in [-0.3, -0.25) is 0 Å². The molecule has 0 fully saturated rings. The molecule has 1 nitrogen and oxygen atoms in total. The van der Waals surface area contributed by atoms with Crippen LogP contribution in [0.3, 0.4) is 0 Å². The molecule has 0 amide bonds. The Morgan fingerprint density at radius 3 is 2.56 bits per heavy atom. The van der Waals surface area contributed by atoms with Gasteiger partial charge in [-0.1, -0.05) is 11.6 Å². The normalized spacial score (nSPS) is 12.9. The molecule has 0 saturated carbocycles. The minimum absolute atomic E-state index is 0.332. The van der Waals surface area contributed by atoms with Crippen molar-refractivity contribution >= 4 is 0 Å². The number of aliphatic hydroxyl groups is 1. The van der Waals surface area contributed by atoms with E-state index in [1.807, 2.05) is 13.8 Å². The van der Waals surface area contributed by atoms with Crippen molar-refractivity contribution in [3.8, 4) is 0 Å². The van der Waals surface area contributed by atoms with Gasteiger partial charge in [0.25, 0.3) is 0 Å². The topological polar surface area (TPSA) is 20.2 Å². The van der Waals surface area contributed by atoms with Crippen LogP contribution in [0.1, 0.15) is 20.3 Å². The van der Waals surface area contributed by atoms with Crippen molar-refractivity contribution in [3.05, 3.63) is 11.6 Å². The molecule has 0 aliphatic heterocycles. The van der Waals surface area contributed by atoms with Crippen LogP contribution in [0.25, 0.3) is 0 Å². The van der Waals surface area contributed by atoms with Crippen molar-refractivity contribution in [2.75, 3.05) is 6.61 Å². The van der Waals surface area contributed by atoms with E-state index in [9.17, 15) is 4.39 Å². The number of hydrogen-bond donors (Lipinski definition) is 1. The molecular formula is C7H13FO. The van der Waals surface area contributed by atoms with Crippen molar-refractivity contribution in [2.45, 2.75) is 26.4 Å². The van der Waals surface area contributed by atoms with Crippen LogP contribution in [0.5, 0.6) is 0 Å². The quantitative estimate of drug-likeness (QED) is 0.579. The Morgan fingerprint density at radius 1 is 1.67 bits per heavy atom. The second kappa shape index (κ2) is 4.50. The molecule has 0 aromatic rings. The average molecular weight is 132 g/mol. The fraction of sp³-hybridized carbons (Fsp3) is 0.714. The lowest BCUT2D eigenvalue weighted by Crippen LogP contribution is -2.03. The van der Waals surface area contributed by atoms with Crippen LogP contribution in [0.2, 0.25) is 0 Å². The molecule has 0 heterocycles. The van der Waals surface area contributed by atoms with Crippen molar-refractivity contribution in [1.82, 2.24) is 0 Å². The van der Waals surface area contributed by atoms with E-state index in [-0.39, 0.29) is 6.61 Å². The van der Waals surface area contributed by atoms with Crippen molar-refractivity contribution < 1.29 is 9.50 Å². The zero-order chi connectivity index (χ0) is 7.28. The van der Waals surface area contributed by atoms with Gasteiger partial charge in [-0.15, -0.1) is 0 Å². The molecule has 1 N–H and O–H groups in total. The molecular weight excluding hydrogens is 119 g/mol. The molecule has 9 heavy (non-hydrogen) atoms. The molecule has 1 atom stereocenters. The Morgan fingerprint density at radius 2 is 2.22 bits per heavy atom. The highest BCUT2D eigenvalue weighted by molar-refractivity contribution is 4.93. The number of allylic oxidation sites excluding steroid dienone is 2. The van der Waals surface area contributed by atoms with Gasteiger partial charge in [0.15, 0.2) is 0 Å². The zero-order valence-corrected chi connectivity index (χ0v) is 5.89. The van der Waals surface area contributed by atoms with Crippen LogP contribution in [-0.2, 0) is 0 Å². The SMILES string of the molecule is CC(C)=CCC(F)CO. The molecule has 0 bridgehead atoms. The van der Waals surface area contributed by atoms with E-state index in [1.54, 1.807) is 6.08 Å². The van der Waals surface area contributed by atoms with E-state index in [1.165, 1.54) is 0 Å². The summed E-state index contributed by atoms with van der Waals surface area (Å²) >= 11 is 0. The van der Waals surface area contributed by atoms with Gasteiger partial charge in [0.05, 0.1) is 6.61 Å². The number of hydrogen-bond acceptors (Lipinski definition) is 1. The largest absolute Gasteiger partial charge is 0.393 e. The van der Waals surface area contributed by atoms with Crippen LogP contribution in [-0.4, -0.2) is 17.9 Å². The molecule has 0 aromatic heterocycles. The van der Waals surface area contributed by atoms with Gasteiger partial charge in [0, 0.05) is 0 Å². The molecule has 2 heteroatoms. The second-order valence-corrected chi connectivity index (χ2v) is 2.30. The van der Waals surface area contributed by atoms with E-state index < -0.39 is 6.17 Å². The molecule has 0 aromatic carbocycles. The van der Waals surface area contributed by atoms with Gasteiger partial charge >= 0.3 is 0 Å². The summed E-state index contributed by atoms with van der Waals surface area (Å²) in [4.78, 5) is 0. The highest BCUT2D eigenvalue weighted by atomic mass is 19.1. The lowest BCUT2D eigenvalue weighted by molar-refractivity contribution is 0.179. The minimum Gasteiger partial charge on any atom is -0.393 e. The van der Waals surface area contributed by atoms with Gasteiger partial charge in [0.1, 0.15) is 6.17 Å². The van der Waals surface area contributed by atoms with Crippen LogP contribution in [0.15, 0.2) is 11.6 Å². The fourth-order valence-electron chi connectivity index (χ4n) is 0.438. The number of alkyl halides is 1. The number of aliphatic hydroxyl groups excluding tert-OH is 1. The first-order valence-electron chi connectivity index (χ1n) is 3.05. The Kier molecular flexibility index (Phi) is 4.32. The van der Waals surface area contributed by atoms with Crippen LogP contribution >= 0.6 is 0 Å². The van der Waals surface area contributed by atoms with E-state index in [0.29, 0.717) is 6.42 Å². The maximum absolute atomic E-state index is 12.2. The van der Waals surface area contributed by atoms with E-state index in [2.05, 4.69) is 0 Å². The first-order valence-corrected chi connectivity index (χ1v) is 3.05. The Hall–Kier alpha value is -0.370. The number of halogens is 1. The second-order valence-electron chi connectivity index (χ2n) is 2.30. The smallest absolute Gasteiger partial charge is 0.126 e. The maximum atomic E-state index is 12.2. The molecule has 0 spiro atoms. The summed E-state index contributed by atoms with van der Waals surface area (Å²) in [6.07, 6.45) is 1.03.